The molecule has 0 radical (unpaired) electrons. The summed E-state index contributed by atoms with van der Waals surface area (Å²) in [4.78, 5) is 65.6. The van der Waals surface area contributed by atoms with Crippen molar-refractivity contribution in [2.24, 2.45) is 23.7 Å². The number of nitrogens with zero attached hydrogens (tertiary/aromatic N) is 8. The van der Waals surface area contributed by atoms with Crippen LogP contribution in [-0.4, -0.2) is 85.6 Å². The van der Waals surface area contributed by atoms with Crippen molar-refractivity contribution in [3.05, 3.63) is 94.8 Å². The van der Waals surface area contributed by atoms with E-state index in [0.29, 0.717) is 52.4 Å². The van der Waals surface area contributed by atoms with Gasteiger partial charge in [0.05, 0.1) is 57.9 Å². The van der Waals surface area contributed by atoms with E-state index in [-0.39, 0.29) is 47.5 Å². The van der Waals surface area contributed by atoms with Gasteiger partial charge in [-0.3, -0.25) is 48.7 Å². The topological polar surface area (TPSA) is 235 Å². The number of anilines is 2. The van der Waals surface area contributed by atoms with E-state index in [0.717, 1.165) is 91.0 Å². The molecule has 0 aliphatic heterocycles. The molecule has 2 atom stereocenters. The molecule has 2 saturated carbocycles. The zero-order chi connectivity index (χ0) is 49.8. The lowest BCUT2D eigenvalue weighted by Crippen LogP contribution is -2.49. The van der Waals surface area contributed by atoms with Crippen LogP contribution in [0, 0.1) is 44.4 Å². The SMILES string of the molecule is Cc1n[nH]c(C)c1-c1ccc(NC(=O)[C@H](NC(=O)c2cc(Cc3[nH]nc(C)c3-c3ccc(NC(=O)[C@@H](NC(=O)c4ccnn4C(C)C)[C@H]4CC[C@H](C)CC4)cn3)nn2C(C)C)[C@H]2CC[C@H](C)CC2)cn1. The third kappa shape index (κ3) is 11.1. The van der Waals surface area contributed by atoms with Crippen LogP contribution in [0.5, 0.6) is 0 Å². The van der Waals surface area contributed by atoms with Crippen LogP contribution in [0.1, 0.15) is 154 Å². The number of rotatable bonds is 16. The third-order valence-electron chi connectivity index (χ3n) is 14.2. The summed E-state index contributed by atoms with van der Waals surface area (Å²) in [5, 5.41) is 36.5. The van der Waals surface area contributed by atoms with E-state index >= 15 is 0 Å². The number of aryl methyl sites for hydroxylation is 3. The minimum Gasteiger partial charge on any atom is -0.339 e. The maximum absolute atomic E-state index is 14.4. The lowest BCUT2D eigenvalue weighted by Gasteiger charge is -2.32. The van der Waals surface area contributed by atoms with Gasteiger partial charge in [-0.2, -0.15) is 20.4 Å². The van der Waals surface area contributed by atoms with E-state index in [4.69, 9.17) is 10.1 Å². The Morgan fingerprint density at radius 1 is 0.643 bits per heavy atom. The van der Waals surface area contributed by atoms with Gasteiger partial charge in [0.1, 0.15) is 23.5 Å². The van der Waals surface area contributed by atoms with E-state index in [1.54, 1.807) is 46.2 Å². The highest BCUT2D eigenvalue weighted by molar-refractivity contribution is 6.02. The van der Waals surface area contributed by atoms with Crippen molar-refractivity contribution in [3.63, 3.8) is 0 Å². The van der Waals surface area contributed by atoms with Gasteiger partial charge in [0.2, 0.25) is 11.8 Å². The van der Waals surface area contributed by atoms with Gasteiger partial charge in [-0.15, -0.1) is 0 Å². The molecule has 2 fully saturated rings. The lowest BCUT2D eigenvalue weighted by molar-refractivity contribution is -0.120. The molecule has 370 valence electrons. The number of carbonyl (C=O) groups excluding carboxylic acids is 4. The largest absolute Gasteiger partial charge is 0.339 e. The Balaban J connectivity index is 0.969. The molecule has 0 saturated heterocycles. The van der Waals surface area contributed by atoms with Gasteiger partial charge in [-0.05, 0) is 134 Å². The van der Waals surface area contributed by atoms with Crippen molar-refractivity contribution in [2.75, 3.05) is 10.6 Å². The number of pyridine rings is 2. The number of amides is 4. The maximum atomic E-state index is 14.4. The summed E-state index contributed by atoms with van der Waals surface area (Å²) in [5.74, 6) is -0.230. The van der Waals surface area contributed by atoms with Gasteiger partial charge in [0, 0.05) is 41.5 Å². The first-order chi connectivity index (χ1) is 33.5. The smallest absolute Gasteiger partial charge is 0.270 e. The highest BCUT2D eigenvalue weighted by Gasteiger charge is 2.36. The summed E-state index contributed by atoms with van der Waals surface area (Å²) in [6.07, 6.45) is 12.4. The second-order valence-electron chi connectivity index (χ2n) is 20.2. The molecule has 6 aromatic rings. The predicted molar refractivity (Wildman–Crippen MR) is 268 cm³/mol. The number of hydrogen-bond acceptors (Lipinski definition) is 10. The van der Waals surface area contributed by atoms with E-state index in [1.165, 1.54) is 0 Å². The molecule has 6 heterocycles. The molecule has 0 aromatic carbocycles. The third-order valence-corrected chi connectivity index (χ3v) is 14.2. The van der Waals surface area contributed by atoms with Gasteiger partial charge < -0.3 is 21.3 Å². The number of hydrogen-bond donors (Lipinski definition) is 6. The zero-order valence-corrected chi connectivity index (χ0v) is 41.9. The van der Waals surface area contributed by atoms with Gasteiger partial charge >= 0.3 is 0 Å². The van der Waals surface area contributed by atoms with Crippen molar-refractivity contribution in [3.8, 4) is 22.5 Å². The second-order valence-corrected chi connectivity index (χ2v) is 20.2. The first-order valence-electron chi connectivity index (χ1n) is 24.9. The highest BCUT2D eigenvalue weighted by atomic mass is 16.2. The summed E-state index contributed by atoms with van der Waals surface area (Å²) >= 11 is 0. The molecule has 6 N–H and O–H groups in total. The van der Waals surface area contributed by atoms with Crippen LogP contribution in [0.3, 0.4) is 0 Å². The average Bonchev–Trinajstić information content (AvgIpc) is 4.15. The van der Waals surface area contributed by atoms with Crippen molar-refractivity contribution >= 4 is 35.0 Å². The molecule has 0 spiro atoms. The fraction of sp³-hybridized carbons (Fsp3) is 0.500. The average molecular weight is 953 g/mol. The molecule has 8 rings (SSSR count). The van der Waals surface area contributed by atoms with Gasteiger partial charge in [-0.1, -0.05) is 39.5 Å². The standard InChI is InChI=1S/C52H68N14O4/c1-28(2)65-43(22-23-55-65)49(67)58-47(35-14-10-30(5)11-15-35)51(69)57-38-19-21-41(54-27-38)46-34(9)62-63-42(46)24-39-25-44(66(64-39)29(3)4)50(68)59-48(36-16-12-31(6)13-17-36)52(70)56-37-18-20-40(53-26-37)45-32(7)60-61-33(45)8/h18-23,25-31,35-36,47-48H,10-17,24H2,1-9H3,(H,56,70)(H,57,69)(H,58,67)(H,59,68)(H,60,61)(H,62,63)/t30-,31-,35-,36-,47-,48+/m0/s1. The number of aromatic amines is 2. The summed E-state index contributed by atoms with van der Waals surface area (Å²) in [5.41, 5.74) is 8.77. The molecular formula is C52H68N14O4. The quantitative estimate of drug-likeness (QED) is 0.0541. The van der Waals surface area contributed by atoms with Crippen LogP contribution in [0.15, 0.2) is 55.0 Å². The normalized spacial score (nSPS) is 19.2. The highest BCUT2D eigenvalue weighted by Crippen LogP contribution is 2.34. The molecule has 2 aliphatic rings. The first-order valence-corrected chi connectivity index (χ1v) is 24.9. The van der Waals surface area contributed by atoms with E-state index in [1.807, 2.05) is 66.7 Å². The summed E-state index contributed by atoms with van der Waals surface area (Å²) in [6, 6.07) is 9.09. The second kappa shape index (κ2) is 21.3. The van der Waals surface area contributed by atoms with Crippen LogP contribution in [0.25, 0.3) is 22.5 Å². The Morgan fingerprint density at radius 3 is 1.63 bits per heavy atom. The van der Waals surface area contributed by atoms with E-state index < -0.39 is 12.1 Å². The van der Waals surface area contributed by atoms with Crippen molar-refractivity contribution in [1.29, 1.82) is 0 Å². The minimum atomic E-state index is -0.779. The lowest BCUT2D eigenvalue weighted by atomic mass is 9.79. The van der Waals surface area contributed by atoms with Crippen molar-refractivity contribution in [2.45, 2.75) is 144 Å². The fourth-order valence-electron chi connectivity index (χ4n) is 10.2. The monoisotopic (exact) mass is 953 g/mol. The molecule has 18 heteroatoms. The molecule has 6 aromatic heterocycles. The predicted octanol–water partition coefficient (Wildman–Crippen LogP) is 8.45. The molecule has 4 amide bonds. The fourth-order valence-corrected chi connectivity index (χ4v) is 10.2. The molecule has 0 bridgehead atoms. The number of carbonyl (C=O) groups is 4. The molecule has 18 nitrogen and oxygen atoms in total. The molecule has 0 unspecified atom stereocenters. The van der Waals surface area contributed by atoms with Crippen LogP contribution in [0.2, 0.25) is 0 Å². The van der Waals surface area contributed by atoms with Crippen LogP contribution in [0.4, 0.5) is 11.4 Å². The Kier molecular flexibility index (Phi) is 15.1. The van der Waals surface area contributed by atoms with Crippen LogP contribution >= 0.6 is 0 Å². The first kappa shape index (κ1) is 49.4. The summed E-state index contributed by atoms with van der Waals surface area (Å²) in [6.45, 7) is 18.1. The van der Waals surface area contributed by atoms with E-state index in [9.17, 15) is 19.2 Å². The molecule has 70 heavy (non-hydrogen) atoms. The Bertz CT molecular complexity index is 2760. The van der Waals surface area contributed by atoms with Crippen LogP contribution in [-0.2, 0) is 16.0 Å². The van der Waals surface area contributed by atoms with Crippen molar-refractivity contribution < 1.29 is 19.2 Å². The Morgan fingerprint density at radius 2 is 1.14 bits per heavy atom. The van der Waals surface area contributed by atoms with Gasteiger partial charge in [0.25, 0.3) is 11.8 Å². The summed E-state index contributed by atoms with van der Waals surface area (Å²) in [7, 11) is 0. The molecular weight excluding hydrogens is 885 g/mol. The maximum Gasteiger partial charge on any atom is 0.270 e. The van der Waals surface area contributed by atoms with E-state index in [2.05, 4.69) is 65.6 Å². The number of H-pyrrole nitrogens is 2. The Hall–Kier alpha value is -6.98. The summed E-state index contributed by atoms with van der Waals surface area (Å²) < 4.78 is 3.36. The van der Waals surface area contributed by atoms with Crippen LogP contribution < -0.4 is 21.3 Å². The number of aromatic nitrogens is 10. The van der Waals surface area contributed by atoms with Gasteiger partial charge in [-0.25, -0.2) is 0 Å². The minimum absolute atomic E-state index is 0.0129. The Labute approximate surface area is 409 Å². The number of nitrogens with one attached hydrogen (secondary N) is 6. The van der Waals surface area contributed by atoms with Gasteiger partial charge in [0.15, 0.2) is 0 Å². The molecule has 2 aliphatic carbocycles. The zero-order valence-electron chi connectivity index (χ0n) is 41.9. The van der Waals surface area contributed by atoms with Crippen molar-refractivity contribution in [1.82, 2.24) is 60.6 Å².